The highest BCUT2D eigenvalue weighted by Crippen LogP contribution is 2.44. The normalized spacial score (nSPS) is 36.4. The van der Waals surface area contributed by atoms with E-state index in [0.29, 0.717) is 11.0 Å². The molecular weight excluding hydrogens is 208 g/mol. The van der Waals surface area contributed by atoms with E-state index in [9.17, 15) is 0 Å². The lowest BCUT2D eigenvalue weighted by Gasteiger charge is -2.48. The molecule has 0 atom stereocenters. The molecule has 1 saturated carbocycles. The maximum Gasteiger partial charge on any atom is 0.0331 e. The van der Waals surface area contributed by atoms with Crippen LogP contribution < -0.4 is 5.73 Å². The van der Waals surface area contributed by atoms with Crippen LogP contribution in [0.15, 0.2) is 0 Å². The zero-order chi connectivity index (χ0) is 12.5. The first-order valence-electron chi connectivity index (χ1n) is 7.43. The molecule has 2 rings (SSSR count). The predicted molar refractivity (Wildman–Crippen MR) is 74.0 cm³/mol. The summed E-state index contributed by atoms with van der Waals surface area (Å²) >= 11 is 0. The largest absolute Gasteiger partial charge is 0.329 e. The Labute approximate surface area is 107 Å². The van der Waals surface area contributed by atoms with Crippen molar-refractivity contribution in [1.82, 2.24) is 4.90 Å². The Morgan fingerprint density at radius 1 is 1.12 bits per heavy atom. The third-order valence-electron chi connectivity index (χ3n) is 5.30. The molecule has 0 aromatic heterocycles. The average Bonchev–Trinajstić information content (AvgIpc) is 2.82. The van der Waals surface area contributed by atoms with Crippen LogP contribution in [0.5, 0.6) is 0 Å². The average molecular weight is 238 g/mol. The first-order valence-corrected chi connectivity index (χ1v) is 7.43. The summed E-state index contributed by atoms with van der Waals surface area (Å²) in [6.45, 7) is 10.6. The maximum absolute atomic E-state index is 6.13. The molecule has 1 saturated heterocycles. The molecule has 1 aliphatic heterocycles. The lowest BCUT2D eigenvalue weighted by molar-refractivity contribution is 0.0367. The smallest absolute Gasteiger partial charge is 0.0331 e. The fourth-order valence-electron chi connectivity index (χ4n) is 3.86. The fraction of sp³-hybridized carbons (Fsp3) is 1.00. The monoisotopic (exact) mass is 238 g/mol. The van der Waals surface area contributed by atoms with Gasteiger partial charge in [-0.15, -0.1) is 0 Å². The summed E-state index contributed by atoms with van der Waals surface area (Å²) in [5.41, 5.74) is 6.97. The van der Waals surface area contributed by atoms with Crippen LogP contribution in [0.1, 0.15) is 59.3 Å². The topological polar surface area (TPSA) is 29.3 Å². The SMILES string of the molecule is CC(C)(C)C1CCC(CN)(N2CCCC2)CC1. The lowest BCUT2D eigenvalue weighted by atomic mass is 9.67. The number of hydrogen-bond donors (Lipinski definition) is 1. The number of likely N-dealkylation sites (tertiary alicyclic amines) is 1. The molecule has 0 aromatic rings. The van der Waals surface area contributed by atoms with E-state index < -0.39 is 0 Å². The summed E-state index contributed by atoms with van der Waals surface area (Å²) in [6.07, 6.45) is 8.15. The summed E-state index contributed by atoms with van der Waals surface area (Å²) in [6, 6.07) is 0. The van der Waals surface area contributed by atoms with Crippen molar-refractivity contribution in [2.45, 2.75) is 64.8 Å². The van der Waals surface area contributed by atoms with Crippen molar-refractivity contribution in [3.8, 4) is 0 Å². The Balaban J connectivity index is 1.99. The molecule has 2 fully saturated rings. The summed E-state index contributed by atoms with van der Waals surface area (Å²) in [5, 5.41) is 0. The number of rotatable bonds is 2. The molecule has 0 spiro atoms. The molecule has 0 bridgehead atoms. The van der Waals surface area contributed by atoms with Gasteiger partial charge in [0.15, 0.2) is 0 Å². The molecule has 2 heteroatoms. The van der Waals surface area contributed by atoms with Gasteiger partial charge in [0, 0.05) is 12.1 Å². The number of nitrogens with zero attached hydrogens (tertiary/aromatic N) is 1. The Bertz CT molecular complexity index is 240. The summed E-state index contributed by atoms with van der Waals surface area (Å²) in [5.74, 6) is 0.893. The van der Waals surface area contributed by atoms with Crippen LogP contribution in [-0.4, -0.2) is 30.1 Å². The third-order valence-corrected chi connectivity index (χ3v) is 5.30. The van der Waals surface area contributed by atoms with Gasteiger partial charge in [-0.2, -0.15) is 0 Å². The van der Waals surface area contributed by atoms with Crippen LogP contribution >= 0.6 is 0 Å². The van der Waals surface area contributed by atoms with Gasteiger partial charge in [0.25, 0.3) is 0 Å². The first-order chi connectivity index (χ1) is 7.98. The van der Waals surface area contributed by atoms with Gasteiger partial charge in [-0.25, -0.2) is 0 Å². The minimum Gasteiger partial charge on any atom is -0.329 e. The van der Waals surface area contributed by atoms with E-state index in [1.807, 2.05) is 0 Å². The molecule has 0 amide bonds. The van der Waals surface area contributed by atoms with Crippen LogP contribution in [0.25, 0.3) is 0 Å². The van der Waals surface area contributed by atoms with Gasteiger partial charge >= 0.3 is 0 Å². The molecule has 0 unspecified atom stereocenters. The van der Waals surface area contributed by atoms with Gasteiger partial charge in [0.05, 0.1) is 0 Å². The number of hydrogen-bond acceptors (Lipinski definition) is 2. The van der Waals surface area contributed by atoms with E-state index in [1.165, 1.54) is 51.6 Å². The van der Waals surface area contributed by atoms with Crippen molar-refractivity contribution in [2.75, 3.05) is 19.6 Å². The maximum atomic E-state index is 6.13. The van der Waals surface area contributed by atoms with Gasteiger partial charge in [-0.3, -0.25) is 4.90 Å². The van der Waals surface area contributed by atoms with Gasteiger partial charge in [-0.05, 0) is 62.9 Å². The molecular formula is C15H30N2. The summed E-state index contributed by atoms with van der Waals surface area (Å²) in [7, 11) is 0. The van der Waals surface area contributed by atoms with E-state index >= 15 is 0 Å². The minimum atomic E-state index is 0.359. The lowest BCUT2D eigenvalue weighted by Crippen LogP contribution is -2.55. The van der Waals surface area contributed by atoms with Crippen LogP contribution in [0.2, 0.25) is 0 Å². The molecule has 0 radical (unpaired) electrons. The van der Waals surface area contributed by atoms with E-state index in [-0.39, 0.29) is 0 Å². The molecule has 17 heavy (non-hydrogen) atoms. The van der Waals surface area contributed by atoms with Crippen molar-refractivity contribution in [2.24, 2.45) is 17.1 Å². The van der Waals surface area contributed by atoms with Gasteiger partial charge < -0.3 is 5.73 Å². The van der Waals surface area contributed by atoms with Gasteiger partial charge in [0.2, 0.25) is 0 Å². The molecule has 0 aromatic carbocycles. The highest BCUT2D eigenvalue weighted by molar-refractivity contribution is 4.98. The molecule has 100 valence electrons. The molecule has 2 aliphatic rings. The van der Waals surface area contributed by atoms with Crippen LogP contribution in [0, 0.1) is 11.3 Å². The first kappa shape index (κ1) is 13.4. The van der Waals surface area contributed by atoms with Gasteiger partial charge in [0.1, 0.15) is 0 Å². The van der Waals surface area contributed by atoms with E-state index in [0.717, 1.165) is 12.5 Å². The second-order valence-corrected chi connectivity index (χ2v) is 7.26. The van der Waals surface area contributed by atoms with Crippen molar-refractivity contribution < 1.29 is 0 Å². The molecule has 1 aliphatic carbocycles. The Morgan fingerprint density at radius 2 is 1.65 bits per heavy atom. The molecule has 1 heterocycles. The zero-order valence-corrected chi connectivity index (χ0v) is 12.0. The third kappa shape index (κ3) is 2.68. The van der Waals surface area contributed by atoms with E-state index in [2.05, 4.69) is 25.7 Å². The Kier molecular flexibility index (Phi) is 3.84. The van der Waals surface area contributed by atoms with Crippen molar-refractivity contribution >= 4 is 0 Å². The highest BCUT2D eigenvalue weighted by Gasteiger charge is 2.42. The van der Waals surface area contributed by atoms with Crippen molar-refractivity contribution in [3.05, 3.63) is 0 Å². The minimum absolute atomic E-state index is 0.359. The second-order valence-electron chi connectivity index (χ2n) is 7.26. The summed E-state index contributed by atoms with van der Waals surface area (Å²) in [4.78, 5) is 2.70. The van der Waals surface area contributed by atoms with Crippen LogP contribution in [-0.2, 0) is 0 Å². The molecule has 2 nitrogen and oxygen atoms in total. The zero-order valence-electron chi connectivity index (χ0n) is 12.0. The van der Waals surface area contributed by atoms with E-state index in [4.69, 9.17) is 5.73 Å². The van der Waals surface area contributed by atoms with Crippen LogP contribution in [0.3, 0.4) is 0 Å². The quantitative estimate of drug-likeness (QED) is 0.801. The number of nitrogens with two attached hydrogens (primary N) is 1. The van der Waals surface area contributed by atoms with Crippen LogP contribution in [0.4, 0.5) is 0 Å². The van der Waals surface area contributed by atoms with Crippen molar-refractivity contribution in [3.63, 3.8) is 0 Å². The second kappa shape index (κ2) is 4.89. The van der Waals surface area contributed by atoms with Gasteiger partial charge in [-0.1, -0.05) is 20.8 Å². The highest BCUT2D eigenvalue weighted by atomic mass is 15.2. The Morgan fingerprint density at radius 3 is 2.06 bits per heavy atom. The molecule has 2 N–H and O–H groups in total. The van der Waals surface area contributed by atoms with E-state index in [1.54, 1.807) is 0 Å². The predicted octanol–water partition coefficient (Wildman–Crippen LogP) is 3.02. The Hall–Kier alpha value is -0.0800. The fourth-order valence-corrected chi connectivity index (χ4v) is 3.86. The summed E-state index contributed by atoms with van der Waals surface area (Å²) < 4.78 is 0. The standard InChI is InChI=1S/C15H30N2/c1-14(2,3)13-6-8-15(12-16,9-7-13)17-10-4-5-11-17/h13H,4-12,16H2,1-3H3. The van der Waals surface area contributed by atoms with Crippen molar-refractivity contribution in [1.29, 1.82) is 0 Å².